The maximum absolute atomic E-state index is 12.7. The first-order chi connectivity index (χ1) is 12.4. The molecule has 0 aliphatic carbocycles. The summed E-state index contributed by atoms with van der Waals surface area (Å²) < 4.78 is 35.4. The minimum Gasteiger partial charge on any atom is -0.457 e. The predicted octanol–water partition coefficient (Wildman–Crippen LogP) is 4.39. The summed E-state index contributed by atoms with van der Waals surface area (Å²) in [4.78, 5) is 16.5. The molecule has 6 nitrogen and oxygen atoms in total. The van der Waals surface area contributed by atoms with E-state index in [1.807, 2.05) is 13.8 Å². The van der Waals surface area contributed by atoms with Crippen LogP contribution in [0.5, 0.6) is 5.75 Å². The van der Waals surface area contributed by atoms with Gasteiger partial charge in [-0.25, -0.2) is 0 Å². The van der Waals surface area contributed by atoms with Gasteiger partial charge in [-0.15, -0.1) is 0 Å². The van der Waals surface area contributed by atoms with E-state index in [9.17, 15) is 13.6 Å². The second-order valence-corrected chi connectivity index (χ2v) is 5.95. The highest BCUT2D eigenvalue weighted by Crippen LogP contribution is 2.35. The van der Waals surface area contributed by atoms with Gasteiger partial charge in [0.1, 0.15) is 5.76 Å². The second kappa shape index (κ2) is 6.99. The first-order valence-electron chi connectivity index (χ1n) is 7.89. The Hall–Kier alpha value is -3.16. The molecule has 0 bridgehead atoms. The molecule has 0 radical (unpaired) electrons. The number of amides is 1. The number of nitrogen functional groups attached to an aromatic ring is 1. The zero-order valence-electron chi connectivity index (χ0n) is 14.1. The Morgan fingerprint density at radius 3 is 2.73 bits per heavy atom. The lowest BCUT2D eigenvalue weighted by molar-refractivity contribution is -0.0494. The number of pyridine rings is 1. The van der Waals surface area contributed by atoms with Crippen molar-refractivity contribution < 1.29 is 22.7 Å². The van der Waals surface area contributed by atoms with Crippen LogP contribution in [0.1, 0.15) is 35.9 Å². The molecule has 8 heteroatoms. The molecular formula is C18H17F2N3O3. The molecule has 0 atom stereocenters. The van der Waals surface area contributed by atoms with Gasteiger partial charge in [-0.1, -0.05) is 13.8 Å². The Labute approximate surface area is 148 Å². The molecule has 2 heterocycles. The first kappa shape index (κ1) is 17.7. The number of hydrogen-bond acceptors (Lipinski definition) is 5. The number of carbonyl (C=O) groups is 1. The summed E-state index contributed by atoms with van der Waals surface area (Å²) in [5, 5.41) is 3.07. The summed E-state index contributed by atoms with van der Waals surface area (Å²) >= 11 is 0. The molecule has 1 amide bonds. The van der Waals surface area contributed by atoms with Crippen molar-refractivity contribution in [2.45, 2.75) is 26.4 Å². The number of alkyl halides is 2. The molecule has 3 N–H and O–H groups in total. The standard InChI is InChI=1S/C18H17F2N3O3/c1-9(2)15-7-11-10(3-4-14(16(11)25-15)26-18(19)20)17(24)23-13-5-6-22-8-12(13)21/h3-9,18H,21H2,1-2H3,(H,22,23,24). The normalized spacial score (nSPS) is 11.3. The number of ether oxygens (including phenoxy) is 1. The number of rotatable bonds is 5. The summed E-state index contributed by atoms with van der Waals surface area (Å²) in [6.07, 6.45) is 2.91. The summed E-state index contributed by atoms with van der Waals surface area (Å²) in [6.45, 7) is 0.785. The van der Waals surface area contributed by atoms with E-state index >= 15 is 0 Å². The van der Waals surface area contributed by atoms with Crippen molar-refractivity contribution in [3.8, 4) is 5.75 Å². The van der Waals surface area contributed by atoms with Crippen LogP contribution in [0.3, 0.4) is 0 Å². The molecule has 2 aromatic heterocycles. The molecule has 0 spiro atoms. The van der Waals surface area contributed by atoms with Gasteiger partial charge in [0, 0.05) is 17.5 Å². The van der Waals surface area contributed by atoms with Gasteiger partial charge < -0.3 is 20.2 Å². The maximum Gasteiger partial charge on any atom is 0.387 e. The topological polar surface area (TPSA) is 90.4 Å². The van der Waals surface area contributed by atoms with E-state index in [0.717, 1.165) is 0 Å². The number of anilines is 2. The molecule has 136 valence electrons. The van der Waals surface area contributed by atoms with Gasteiger partial charge in [-0.2, -0.15) is 8.78 Å². The molecule has 0 saturated carbocycles. The zero-order chi connectivity index (χ0) is 18.8. The number of furan rings is 1. The van der Waals surface area contributed by atoms with Crippen LogP contribution >= 0.6 is 0 Å². The number of nitrogens with two attached hydrogens (primary N) is 1. The average Bonchev–Trinajstić information content (AvgIpc) is 3.02. The highest BCUT2D eigenvalue weighted by atomic mass is 19.3. The Balaban J connectivity index is 2.05. The van der Waals surface area contributed by atoms with Crippen LogP contribution in [0.4, 0.5) is 20.2 Å². The van der Waals surface area contributed by atoms with E-state index in [1.165, 1.54) is 24.5 Å². The lowest BCUT2D eigenvalue weighted by Gasteiger charge is -2.10. The first-order valence-corrected chi connectivity index (χ1v) is 7.89. The van der Waals surface area contributed by atoms with E-state index in [2.05, 4.69) is 15.0 Å². The average molecular weight is 361 g/mol. The van der Waals surface area contributed by atoms with E-state index in [4.69, 9.17) is 10.2 Å². The fourth-order valence-corrected chi connectivity index (χ4v) is 2.50. The van der Waals surface area contributed by atoms with Crippen LogP contribution in [0.2, 0.25) is 0 Å². The third kappa shape index (κ3) is 3.44. The molecule has 0 fully saturated rings. The lowest BCUT2D eigenvalue weighted by Crippen LogP contribution is -2.14. The molecule has 0 unspecified atom stereocenters. The highest BCUT2D eigenvalue weighted by molar-refractivity contribution is 6.13. The largest absolute Gasteiger partial charge is 0.457 e. The van der Waals surface area contributed by atoms with Gasteiger partial charge >= 0.3 is 6.61 Å². The molecular weight excluding hydrogens is 344 g/mol. The van der Waals surface area contributed by atoms with Gasteiger partial charge in [-0.3, -0.25) is 9.78 Å². The summed E-state index contributed by atoms with van der Waals surface area (Å²) in [5.74, 6) is -0.00850. The molecule has 0 aliphatic heterocycles. The minimum atomic E-state index is -3.00. The van der Waals surface area contributed by atoms with Crippen molar-refractivity contribution in [1.82, 2.24) is 4.98 Å². The van der Waals surface area contributed by atoms with Crippen LogP contribution in [-0.4, -0.2) is 17.5 Å². The fraction of sp³-hybridized carbons (Fsp3) is 0.222. The van der Waals surface area contributed by atoms with Crippen molar-refractivity contribution in [1.29, 1.82) is 0 Å². The fourth-order valence-electron chi connectivity index (χ4n) is 2.50. The molecule has 0 saturated heterocycles. The van der Waals surface area contributed by atoms with Gasteiger partial charge in [-0.05, 0) is 24.3 Å². The van der Waals surface area contributed by atoms with Crippen molar-refractivity contribution in [3.63, 3.8) is 0 Å². The van der Waals surface area contributed by atoms with Crippen LogP contribution in [-0.2, 0) is 0 Å². The summed E-state index contributed by atoms with van der Waals surface area (Å²) in [7, 11) is 0. The number of halogens is 2. The molecule has 26 heavy (non-hydrogen) atoms. The van der Waals surface area contributed by atoms with Crippen molar-refractivity contribution in [3.05, 3.63) is 48.0 Å². The smallest absolute Gasteiger partial charge is 0.387 e. The summed E-state index contributed by atoms with van der Waals surface area (Å²) in [6, 6.07) is 5.91. The second-order valence-electron chi connectivity index (χ2n) is 5.95. The van der Waals surface area contributed by atoms with E-state index in [0.29, 0.717) is 22.5 Å². The number of carbonyl (C=O) groups excluding carboxylic acids is 1. The molecule has 3 aromatic rings. The third-order valence-corrected chi connectivity index (χ3v) is 3.80. The van der Waals surface area contributed by atoms with Crippen LogP contribution in [0.15, 0.2) is 41.1 Å². The summed E-state index contributed by atoms with van der Waals surface area (Å²) in [5.41, 5.74) is 6.85. The van der Waals surface area contributed by atoms with Gasteiger partial charge in [0.15, 0.2) is 11.3 Å². The van der Waals surface area contributed by atoms with Gasteiger partial charge in [0.25, 0.3) is 5.91 Å². The van der Waals surface area contributed by atoms with E-state index in [1.54, 1.807) is 12.1 Å². The molecule has 3 rings (SSSR count). The van der Waals surface area contributed by atoms with Crippen molar-refractivity contribution in [2.75, 3.05) is 11.1 Å². The number of nitrogens with zero attached hydrogens (tertiary/aromatic N) is 1. The van der Waals surface area contributed by atoms with Crippen molar-refractivity contribution in [2.24, 2.45) is 0 Å². The Morgan fingerprint density at radius 2 is 2.08 bits per heavy atom. The third-order valence-electron chi connectivity index (χ3n) is 3.80. The molecule has 0 aliphatic rings. The SMILES string of the molecule is CC(C)c1cc2c(C(=O)Nc3ccncc3N)ccc(OC(F)F)c2o1. The van der Waals surface area contributed by atoms with Crippen LogP contribution in [0, 0.1) is 0 Å². The van der Waals surface area contributed by atoms with Crippen LogP contribution < -0.4 is 15.8 Å². The zero-order valence-corrected chi connectivity index (χ0v) is 14.1. The van der Waals surface area contributed by atoms with E-state index in [-0.39, 0.29) is 22.8 Å². The maximum atomic E-state index is 12.7. The highest BCUT2D eigenvalue weighted by Gasteiger charge is 2.21. The lowest BCUT2D eigenvalue weighted by atomic mass is 10.1. The minimum absolute atomic E-state index is 0.00792. The van der Waals surface area contributed by atoms with E-state index < -0.39 is 12.5 Å². The van der Waals surface area contributed by atoms with Gasteiger partial charge in [0.2, 0.25) is 0 Å². The van der Waals surface area contributed by atoms with Crippen molar-refractivity contribution >= 4 is 28.3 Å². The number of aromatic nitrogens is 1. The number of fused-ring (bicyclic) bond motifs is 1. The van der Waals surface area contributed by atoms with Gasteiger partial charge in [0.05, 0.1) is 23.1 Å². The monoisotopic (exact) mass is 361 g/mol. The number of benzene rings is 1. The van der Waals surface area contributed by atoms with Crippen LogP contribution in [0.25, 0.3) is 11.0 Å². The Kier molecular flexibility index (Phi) is 4.75. The number of hydrogen-bond donors (Lipinski definition) is 2. The number of nitrogens with one attached hydrogen (secondary N) is 1. The molecule has 1 aromatic carbocycles. The Bertz CT molecular complexity index is 954. The Morgan fingerprint density at radius 1 is 1.31 bits per heavy atom. The predicted molar refractivity (Wildman–Crippen MR) is 93.5 cm³/mol. The quantitative estimate of drug-likeness (QED) is 0.703.